The van der Waals surface area contributed by atoms with Crippen molar-refractivity contribution >= 4 is 22.4 Å². The molecule has 0 saturated heterocycles. The zero-order valence-electron chi connectivity index (χ0n) is 11.1. The number of nitrogens with two attached hydrogens (primary N) is 1. The van der Waals surface area contributed by atoms with Gasteiger partial charge in [0.1, 0.15) is 0 Å². The molecule has 2 aromatic rings. The van der Waals surface area contributed by atoms with E-state index in [9.17, 15) is 9.90 Å². The topological polar surface area (TPSA) is 75.3 Å². The number of aliphatic hydroxyl groups excluding tert-OH is 1. The first-order chi connectivity index (χ1) is 8.94. The minimum Gasteiger partial charge on any atom is -0.398 e. The summed E-state index contributed by atoms with van der Waals surface area (Å²) in [5, 5.41) is 13.7. The number of anilines is 1. The van der Waals surface area contributed by atoms with Gasteiger partial charge in [-0.3, -0.25) is 4.79 Å². The molecule has 0 fully saturated rings. The van der Waals surface area contributed by atoms with Crippen LogP contribution in [0.3, 0.4) is 0 Å². The fraction of sp³-hybridized carbons (Fsp3) is 0.267. The number of hydrogen-bond acceptors (Lipinski definition) is 3. The number of rotatable bonds is 3. The van der Waals surface area contributed by atoms with Gasteiger partial charge in [0.15, 0.2) is 0 Å². The molecule has 0 atom stereocenters. The first-order valence-corrected chi connectivity index (χ1v) is 6.15. The van der Waals surface area contributed by atoms with Crippen molar-refractivity contribution in [3.05, 3.63) is 42.0 Å². The number of hydrogen-bond donors (Lipinski definition) is 3. The van der Waals surface area contributed by atoms with Gasteiger partial charge in [-0.05, 0) is 31.4 Å². The van der Waals surface area contributed by atoms with E-state index in [1.807, 2.05) is 24.3 Å². The van der Waals surface area contributed by atoms with Gasteiger partial charge in [0.05, 0.1) is 12.1 Å². The second-order valence-electron chi connectivity index (χ2n) is 5.24. The summed E-state index contributed by atoms with van der Waals surface area (Å²) in [6.45, 7) is 3.42. The zero-order valence-corrected chi connectivity index (χ0v) is 11.1. The van der Waals surface area contributed by atoms with Gasteiger partial charge in [-0.2, -0.15) is 0 Å². The standard InChI is InChI=1S/C15H18N2O2/c1-15(2,9-18)17-14(19)12-7-8-13(16)11-6-4-3-5-10(11)12/h3-8,18H,9,16H2,1-2H3,(H,17,19). The maximum Gasteiger partial charge on any atom is 0.252 e. The predicted molar refractivity (Wildman–Crippen MR) is 77.0 cm³/mol. The van der Waals surface area contributed by atoms with Crippen molar-refractivity contribution in [1.29, 1.82) is 0 Å². The van der Waals surface area contributed by atoms with Crippen molar-refractivity contribution in [1.82, 2.24) is 5.32 Å². The molecule has 4 nitrogen and oxygen atoms in total. The largest absolute Gasteiger partial charge is 0.398 e. The van der Waals surface area contributed by atoms with Crippen LogP contribution in [0.2, 0.25) is 0 Å². The third-order valence-electron chi connectivity index (χ3n) is 3.05. The van der Waals surface area contributed by atoms with E-state index in [1.54, 1.807) is 26.0 Å². The predicted octanol–water partition coefficient (Wildman–Crippen LogP) is 1.92. The molecular formula is C15H18N2O2. The van der Waals surface area contributed by atoms with Gasteiger partial charge in [0.25, 0.3) is 5.91 Å². The van der Waals surface area contributed by atoms with Crippen molar-refractivity contribution in [3.8, 4) is 0 Å². The Morgan fingerprint density at radius 3 is 2.47 bits per heavy atom. The van der Waals surface area contributed by atoms with Crippen LogP contribution in [0.25, 0.3) is 10.8 Å². The Bertz CT molecular complexity index is 621. The van der Waals surface area contributed by atoms with Crippen LogP contribution in [0, 0.1) is 0 Å². The Morgan fingerprint density at radius 1 is 1.21 bits per heavy atom. The molecule has 4 heteroatoms. The SMILES string of the molecule is CC(C)(CO)NC(=O)c1ccc(N)c2ccccc12. The number of carbonyl (C=O) groups is 1. The number of benzene rings is 2. The quantitative estimate of drug-likeness (QED) is 0.736. The molecule has 0 radical (unpaired) electrons. The van der Waals surface area contributed by atoms with Crippen molar-refractivity contribution in [2.75, 3.05) is 12.3 Å². The summed E-state index contributed by atoms with van der Waals surface area (Å²) < 4.78 is 0. The molecule has 0 aromatic heterocycles. The van der Waals surface area contributed by atoms with Crippen LogP contribution in [0.1, 0.15) is 24.2 Å². The molecule has 19 heavy (non-hydrogen) atoms. The van der Waals surface area contributed by atoms with Crippen LogP contribution in [0.15, 0.2) is 36.4 Å². The van der Waals surface area contributed by atoms with Crippen LogP contribution in [0.4, 0.5) is 5.69 Å². The Hall–Kier alpha value is -2.07. The van der Waals surface area contributed by atoms with E-state index in [0.717, 1.165) is 10.8 Å². The lowest BCUT2D eigenvalue weighted by Crippen LogP contribution is -2.46. The van der Waals surface area contributed by atoms with Gasteiger partial charge in [0, 0.05) is 16.6 Å². The summed E-state index contributed by atoms with van der Waals surface area (Å²) in [4.78, 5) is 12.3. The first-order valence-electron chi connectivity index (χ1n) is 6.15. The summed E-state index contributed by atoms with van der Waals surface area (Å²) in [7, 11) is 0. The normalized spacial score (nSPS) is 11.5. The molecule has 100 valence electrons. The third-order valence-corrected chi connectivity index (χ3v) is 3.05. The molecule has 0 aliphatic carbocycles. The summed E-state index contributed by atoms with van der Waals surface area (Å²) >= 11 is 0. The molecule has 0 saturated carbocycles. The maximum absolute atomic E-state index is 12.3. The van der Waals surface area contributed by atoms with Gasteiger partial charge >= 0.3 is 0 Å². The molecule has 2 rings (SSSR count). The second-order valence-corrected chi connectivity index (χ2v) is 5.24. The average molecular weight is 258 g/mol. The fourth-order valence-corrected chi connectivity index (χ4v) is 1.93. The fourth-order valence-electron chi connectivity index (χ4n) is 1.93. The van der Waals surface area contributed by atoms with Crippen molar-refractivity contribution < 1.29 is 9.90 Å². The summed E-state index contributed by atoms with van der Waals surface area (Å²) in [5.74, 6) is -0.213. The van der Waals surface area contributed by atoms with Crippen LogP contribution in [-0.2, 0) is 0 Å². The lowest BCUT2D eigenvalue weighted by Gasteiger charge is -2.24. The van der Waals surface area contributed by atoms with E-state index >= 15 is 0 Å². The van der Waals surface area contributed by atoms with E-state index in [1.165, 1.54) is 0 Å². The highest BCUT2D eigenvalue weighted by molar-refractivity contribution is 6.10. The summed E-state index contributed by atoms with van der Waals surface area (Å²) in [6.07, 6.45) is 0. The van der Waals surface area contributed by atoms with Crippen molar-refractivity contribution in [2.24, 2.45) is 0 Å². The smallest absolute Gasteiger partial charge is 0.252 e. The Balaban J connectivity index is 2.46. The first kappa shape index (κ1) is 13.4. The van der Waals surface area contributed by atoms with Gasteiger partial charge < -0.3 is 16.2 Å². The maximum atomic E-state index is 12.3. The van der Waals surface area contributed by atoms with E-state index in [2.05, 4.69) is 5.32 Å². The number of fused-ring (bicyclic) bond motifs is 1. The van der Waals surface area contributed by atoms with Crippen molar-refractivity contribution in [3.63, 3.8) is 0 Å². The molecule has 0 aliphatic heterocycles. The van der Waals surface area contributed by atoms with Crippen LogP contribution in [-0.4, -0.2) is 23.2 Å². The Kier molecular flexibility index (Phi) is 3.44. The third kappa shape index (κ3) is 2.69. The highest BCUT2D eigenvalue weighted by Gasteiger charge is 2.21. The molecule has 0 heterocycles. The van der Waals surface area contributed by atoms with E-state index in [-0.39, 0.29) is 12.5 Å². The summed E-state index contributed by atoms with van der Waals surface area (Å²) in [5.41, 5.74) is 6.46. The van der Waals surface area contributed by atoms with Crippen LogP contribution < -0.4 is 11.1 Å². The van der Waals surface area contributed by atoms with Gasteiger partial charge in [-0.1, -0.05) is 24.3 Å². The monoisotopic (exact) mass is 258 g/mol. The Morgan fingerprint density at radius 2 is 1.84 bits per heavy atom. The number of nitrogen functional groups attached to an aromatic ring is 1. The lowest BCUT2D eigenvalue weighted by atomic mass is 10.0. The molecular weight excluding hydrogens is 240 g/mol. The zero-order chi connectivity index (χ0) is 14.0. The van der Waals surface area contributed by atoms with Gasteiger partial charge in [-0.25, -0.2) is 0 Å². The van der Waals surface area contributed by atoms with E-state index < -0.39 is 5.54 Å². The molecule has 0 bridgehead atoms. The highest BCUT2D eigenvalue weighted by Crippen LogP contribution is 2.24. The van der Waals surface area contributed by atoms with Crippen LogP contribution in [0.5, 0.6) is 0 Å². The average Bonchev–Trinajstić information content (AvgIpc) is 2.39. The van der Waals surface area contributed by atoms with Crippen molar-refractivity contribution in [2.45, 2.75) is 19.4 Å². The lowest BCUT2D eigenvalue weighted by molar-refractivity contribution is 0.0871. The van der Waals surface area contributed by atoms with E-state index in [4.69, 9.17) is 5.73 Å². The minimum atomic E-state index is -0.653. The Labute approximate surface area is 112 Å². The van der Waals surface area contributed by atoms with E-state index in [0.29, 0.717) is 11.3 Å². The second kappa shape index (κ2) is 4.90. The molecule has 0 aliphatic rings. The number of nitrogens with one attached hydrogen (secondary N) is 1. The minimum absolute atomic E-state index is 0.119. The van der Waals surface area contributed by atoms with Gasteiger partial charge in [-0.15, -0.1) is 0 Å². The molecule has 0 spiro atoms. The highest BCUT2D eigenvalue weighted by atomic mass is 16.3. The molecule has 4 N–H and O–H groups in total. The van der Waals surface area contributed by atoms with Gasteiger partial charge in [0.2, 0.25) is 0 Å². The summed E-state index contributed by atoms with van der Waals surface area (Å²) in [6, 6.07) is 10.9. The number of carbonyl (C=O) groups excluding carboxylic acids is 1. The molecule has 2 aromatic carbocycles. The van der Waals surface area contributed by atoms with Crippen LogP contribution >= 0.6 is 0 Å². The number of aliphatic hydroxyl groups is 1. The number of amides is 1. The molecule has 1 amide bonds. The molecule has 0 unspecified atom stereocenters.